The molecule has 0 radical (unpaired) electrons. The molecule has 0 bridgehead atoms. The molecule has 3 aliphatic rings. The van der Waals surface area contributed by atoms with Crippen molar-refractivity contribution >= 4 is 18.3 Å². The second-order valence-corrected chi connectivity index (χ2v) is 7.63. The van der Waals surface area contributed by atoms with E-state index in [0.29, 0.717) is 18.4 Å². The van der Waals surface area contributed by atoms with Crippen molar-refractivity contribution in [2.45, 2.75) is 58.0 Å². The van der Waals surface area contributed by atoms with E-state index in [1.165, 1.54) is 0 Å². The number of nitrogens with zero attached hydrogens (tertiary/aromatic N) is 3. The molecule has 3 rings (SSSR count). The lowest BCUT2D eigenvalue weighted by Crippen LogP contribution is -2.43. The minimum Gasteiger partial charge on any atom is -0.383 e. The number of nitrogens with one attached hydrogen (secondary N) is 1. The lowest BCUT2D eigenvalue weighted by molar-refractivity contribution is -0.126. The summed E-state index contributed by atoms with van der Waals surface area (Å²) in [7, 11) is 0. The molecule has 3 N–H and O–H groups in total. The number of aliphatic imine (C=N–C) groups is 2. The van der Waals surface area contributed by atoms with Crippen molar-refractivity contribution in [3.05, 3.63) is 35.3 Å². The molecule has 6 heteroatoms. The van der Waals surface area contributed by atoms with E-state index in [9.17, 15) is 4.79 Å². The monoisotopic (exact) mass is 369 g/mol. The summed E-state index contributed by atoms with van der Waals surface area (Å²) in [6.45, 7) is 9.95. The number of carbonyl (C=O) groups is 1. The van der Waals surface area contributed by atoms with Crippen LogP contribution in [0.3, 0.4) is 0 Å². The number of nitrogens with two attached hydrogens (primary N) is 1. The summed E-state index contributed by atoms with van der Waals surface area (Å²) >= 11 is 0. The summed E-state index contributed by atoms with van der Waals surface area (Å²) in [6.07, 6.45) is 10.5. The smallest absolute Gasteiger partial charge is 0.225 e. The Balaban J connectivity index is 1.83. The van der Waals surface area contributed by atoms with Crippen LogP contribution in [0.2, 0.25) is 0 Å². The van der Waals surface area contributed by atoms with E-state index in [1.807, 2.05) is 19.2 Å². The SMILES string of the molecule is C=C1C(N2CCCC(C(=O)NC3CC3)C2)=CC=NC(C)C=N/C(N)=C\1CC. The second-order valence-electron chi connectivity index (χ2n) is 7.63. The summed E-state index contributed by atoms with van der Waals surface area (Å²) in [5.74, 6) is 0.701. The van der Waals surface area contributed by atoms with Crippen LogP contribution in [0, 0.1) is 5.92 Å². The average molecular weight is 370 g/mol. The third kappa shape index (κ3) is 4.87. The zero-order valence-corrected chi connectivity index (χ0v) is 16.4. The van der Waals surface area contributed by atoms with Gasteiger partial charge in [0.05, 0.1) is 12.0 Å². The molecular weight excluding hydrogens is 338 g/mol. The van der Waals surface area contributed by atoms with Crippen molar-refractivity contribution in [3.8, 4) is 0 Å². The zero-order chi connectivity index (χ0) is 19.4. The van der Waals surface area contributed by atoms with Crippen LogP contribution in [-0.4, -0.2) is 48.4 Å². The number of hydrogen-bond donors (Lipinski definition) is 2. The Kier molecular flexibility index (Phi) is 6.14. The van der Waals surface area contributed by atoms with E-state index in [4.69, 9.17) is 5.73 Å². The number of piperidine rings is 1. The Morgan fingerprint density at radius 1 is 1.41 bits per heavy atom. The van der Waals surface area contributed by atoms with Crippen molar-refractivity contribution in [1.82, 2.24) is 10.2 Å². The van der Waals surface area contributed by atoms with Crippen molar-refractivity contribution in [2.75, 3.05) is 13.1 Å². The predicted molar refractivity (Wildman–Crippen MR) is 111 cm³/mol. The quantitative estimate of drug-likeness (QED) is 0.799. The van der Waals surface area contributed by atoms with Gasteiger partial charge in [0.25, 0.3) is 0 Å². The van der Waals surface area contributed by atoms with Crippen LogP contribution < -0.4 is 11.1 Å². The first-order valence-corrected chi connectivity index (χ1v) is 10.0. The molecule has 1 amide bonds. The van der Waals surface area contributed by atoms with E-state index in [2.05, 4.69) is 33.7 Å². The van der Waals surface area contributed by atoms with Gasteiger partial charge in [-0.2, -0.15) is 0 Å². The Morgan fingerprint density at radius 2 is 2.19 bits per heavy atom. The molecule has 0 aromatic heterocycles. The molecule has 2 heterocycles. The molecular formula is C21H31N5O. The standard InChI is InChI=1S/C21H31N5O/c1-4-18-15(3)19(9-10-23-14(2)12-24-20(18)22)26-11-5-6-16(13-26)21(27)25-17-7-8-17/h9-10,12,14,16-17H,3-8,11,13,22H2,1-2H3,(H,25,27)/b19-9?,20-18-,23-10?,24-12?. The largest absolute Gasteiger partial charge is 0.383 e. The van der Waals surface area contributed by atoms with Gasteiger partial charge in [0.1, 0.15) is 5.82 Å². The highest BCUT2D eigenvalue weighted by molar-refractivity contribution is 5.80. The van der Waals surface area contributed by atoms with Gasteiger partial charge in [-0.05, 0) is 50.7 Å². The van der Waals surface area contributed by atoms with Crippen molar-refractivity contribution < 1.29 is 4.79 Å². The predicted octanol–water partition coefficient (Wildman–Crippen LogP) is 2.54. The van der Waals surface area contributed by atoms with Crippen LogP contribution >= 0.6 is 0 Å². The first-order valence-electron chi connectivity index (χ1n) is 10.0. The summed E-state index contributed by atoms with van der Waals surface area (Å²) in [4.78, 5) is 23.7. The molecule has 1 aliphatic carbocycles. The van der Waals surface area contributed by atoms with Crippen molar-refractivity contribution in [2.24, 2.45) is 21.6 Å². The highest BCUT2D eigenvalue weighted by Crippen LogP contribution is 2.30. The second kappa shape index (κ2) is 8.55. The molecule has 6 nitrogen and oxygen atoms in total. The van der Waals surface area contributed by atoms with Gasteiger partial charge in [0.15, 0.2) is 0 Å². The number of likely N-dealkylation sites (tertiary alicyclic amines) is 1. The normalized spacial score (nSPS) is 29.5. The Labute approximate surface area is 162 Å². The number of hydrogen-bond acceptors (Lipinski definition) is 5. The van der Waals surface area contributed by atoms with Gasteiger partial charge in [0.2, 0.25) is 5.91 Å². The zero-order valence-electron chi connectivity index (χ0n) is 16.4. The van der Waals surface area contributed by atoms with Crippen LogP contribution in [0.5, 0.6) is 0 Å². The third-order valence-electron chi connectivity index (χ3n) is 5.38. The fourth-order valence-electron chi connectivity index (χ4n) is 3.61. The Morgan fingerprint density at radius 3 is 2.89 bits per heavy atom. The van der Waals surface area contributed by atoms with Gasteiger partial charge in [-0.1, -0.05) is 13.5 Å². The molecule has 0 spiro atoms. The van der Waals surface area contributed by atoms with E-state index in [0.717, 1.165) is 55.5 Å². The van der Waals surface area contributed by atoms with Gasteiger partial charge in [-0.3, -0.25) is 9.79 Å². The maximum atomic E-state index is 12.5. The van der Waals surface area contributed by atoms with E-state index in [1.54, 1.807) is 6.21 Å². The lowest BCUT2D eigenvalue weighted by atomic mass is 9.93. The molecule has 2 aliphatic heterocycles. The summed E-state index contributed by atoms with van der Waals surface area (Å²) in [5, 5.41) is 3.15. The highest BCUT2D eigenvalue weighted by atomic mass is 16.2. The lowest BCUT2D eigenvalue weighted by Gasteiger charge is -2.36. The van der Waals surface area contributed by atoms with Gasteiger partial charge in [0, 0.05) is 42.8 Å². The number of allylic oxidation sites excluding steroid dienone is 2. The first kappa shape index (κ1) is 19.4. The van der Waals surface area contributed by atoms with Crippen molar-refractivity contribution in [1.29, 1.82) is 0 Å². The number of carbonyl (C=O) groups excluding carboxylic acids is 1. The van der Waals surface area contributed by atoms with Gasteiger partial charge >= 0.3 is 0 Å². The minimum atomic E-state index is -0.0380. The van der Waals surface area contributed by atoms with E-state index in [-0.39, 0.29) is 17.9 Å². The third-order valence-corrected chi connectivity index (χ3v) is 5.38. The molecule has 0 aromatic carbocycles. The average Bonchev–Trinajstić information content (AvgIpc) is 3.47. The van der Waals surface area contributed by atoms with Crippen LogP contribution in [-0.2, 0) is 4.79 Å². The van der Waals surface area contributed by atoms with Crippen LogP contribution in [0.25, 0.3) is 0 Å². The maximum absolute atomic E-state index is 12.5. The highest BCUT2D eigenvalue weighted by Gasteiger charge is 2.31. The van der Waals surface area contributed by atoms with Gasteiger partial charge in [-0.25, -0.2) is 4.99 Å². The van der Waals surface area contributed by atoms with Gasteiger partial charge < -0.3 is 16.0 Å². The topological polar surface area (TPSA) is 83.1 Å². The van der Waals surface area contributed by atoms with E-state index < -0.39 is 0 Å². The molecule has 2 unspecified atom stereocenters. The maximum Gasteiger partial charge on any atom is 0.225 e. The Bertz CT molecular complexity index is 714. The van der Waals surface area contributed by atoms with Crippen LogP contribution in [0.4, 0.5) is 0 Å². The Hall–Kier alpha value is -2.37. The van der Waals surface area contributed by atoms with Gasteiger partial charge in [-0.15, -0.1) is 0 Å². The molecule has 1 saturated carbocycles. The minimum absolute atomic E-state index is 0.0174. The summed E-state index contributed by atoms with van der Waals surface area (Å²) in [5.41, 5.74) is 9.03. The molecule has 2 atom stereocenters. The summed E-state index contributed by atoms with van der Waals surface area (Å²) < 4.78 is 0. The molecule has 1 saturated heterocycles. The number of amides is 1. The molecule has 0 aromatic rings. The number of rotatable bonds is 4. The fourth-order valence-corrected chi connectivity index (χ4v) is 3.61. The molecule has 27 heavy (non-hydrogen) atoms. The van der Waals surface area contributed by atoms with E-state index >= 15 is 0 Å². The molecule has 146 valence electrons. The molecule has 2 fully saturated rings. The fraction of sp³-hybridized carbons (Fsp3) is 0.571. The van der Waals surface area contributed by atoms with Crippen LogP contribution in [0.1, 0.15) is 46.0 Å². The van der Waals surface area contributed by atoms with Crippen LogP contribution in [0.15, 0.2) is 45.3 Å². The summed E-state index contributed by atoms with van der Waals surface area (Å²) in [6, 6.07) is 0.362. The first-order chi connectivity index (χ1) is 13.0. The van der Waals surface area contributed by atoms with Crippen molar-refractivity contribution in [3.63, 3.8) is 0 Å².